The zero-order valence-electron chi connectivity index (χ0n) is 46.8. The van der Waals surface area contributed by atoms with Crippen LogP contribution < -0.4 is 0 Å². The molecule has 0 aliphatic rings. The summed E-state index contributed by atoms with van der Waals surface area (Å²) in [7, 11) is 0. The Morgan fingerprint density at radius 1 is 0.343 bits per heavy atom. The van der Waals surface area contributed by atoms with Crippen LogP contribution in [0.15, 0.2) is 60.8 Å². The predicted octanol–water partition coefficient (Wildman–Crippen LogP) is 21.0. The minimum atomic E-state index is -0.781. The second kappa shape index (κ2) is 60.9. The highest BCUT2D eigenvalue weighted by Gasteiger charge is 2.16. The van der Waals surface area contributed by atoms with Gasteiger partial charge in [-0.25, -0.2) is 0 Å². The van der Waals surface area contributed by atoms with Gasteiger partial charge in [0.1, 0.15) is 6.61 Å². The van der Waals surface area contributed by atoms with Crippen molar-refractivity contribution in [2.24, 2.45) is 0 Å². The lowest BCUT2D eigenvalue weighted by Crippen LogP contribution is -2.28. The first-order valence-electron chi connectivity index (χ1n) is 30.8. The van der Waals surface area contributed by atoms with Gasteiger partial charge in [-0.2, -0.15) is 0 Å². The molecular formula is C65H118O5. The summed E-state index contributed by atoms with van der Waals surface area (Å²) in [5, 5.41) is 9.63. The molecule has 0 heterocycles. The zero-order chi connectivity index (χ0) is 50.6. The SMILES string of the molecule is CC/C=C\C/C=C\C/C=C\CCCCCCCC(=O)OC(CO)COC(=O)CCCCCCCCCCCCCCCCCCCCCCCCCCCCCCC/C=C\C/C=C\CCCCCCC. The van der Waals surface area contributed by atoms with Crippen molar-refractivity contribution in [1.82, 2.24) is 0 Å². The molecule has 0 amide bonds. The first-order valence-corrected chi connectivity index (χ1v) is 30.8. The van der Waals surface area contributed by atoms with Crippen molar-refractivity contribution in [3.63, 3.8) is 0 Å². The van der Waals surface area contributed by atoms with Crippen LogP contribution in [0.3, 0.4) is 0 Å². The van der Waals surface area contributed by atoms with Gasteiger partial charge in [0.05, 0.1) is 6.61 Å². The summed E-state index contributed by atoms with van der Waals surface area (Å²) in [5.74, 6) is -0.599. The summed E-state index contributed by atoms with van der Waals surface area (Å²) < 4.78 is 10.7. The Labute approximate surface area is 436 Å². The summed E-state index contributed by atoms with van der Waals surface area (Å²) in [6.45, 7) is 4.03. The van der Waals surface area contributed by atoms with Crippen LogP contribution in [0.4, 0.5) is 0 Å². The third kappa shape index (κ3) is 58.2. The Kier molecular flexibility index (Phi) is 58.8. The molecule has 408 valence electrons. The van der Waals surface area contributed by atoms with Crippen molar-refractivity contribution in [2.75, 3.05) is 13.2 Å². The third-order valence-corrected chi connectivity index (χ3v) is 13.8. The van der Waals surface area contributed by atoms with Gasteiger partial charge in [-0.05, 0) is 77.0 Å². The monoisotopic (exact) mass is 979 g/mol. The number of hydrogen-bond acceptors (Lipinski definition) is 5. The Balaban J connectivity index is 3.36. The Morgan fingerprint density at radius 3 is 0.929 bits per heavy atom. The number of esters is 2. The Bertz CT molecular complexity index is 1200. The first-order chi connectivity index (χ1) is 34.6. The fourth-order valence-corrected chi connectivity index (χ4v) is 9.19. The van der Waals surface area contributed by atoms with Crippen LogP contribution in [0, 0.1) is 0 Å². The maximum absolute atomic E-state index is 12.2. The molecule has 5 heteroatoms. The number of allylic oxidation sites excluding steroid dienone is 10. The second-order valence-electron chi connectivity index (χ2n) is 20.8. The molecule has 0 bridgehead atoms. The largest absolute Gasteiger partial charge is 0.462 e. The second-order valence-corrected chi connectivity index (χ2v) is 20.8. The molecule has 5 nitrogen and oxygen atoms in total. The van der Waals surface area contributed by atoms with Crippen LogP contribution in [0.2, 0.25) is 0 Å². The number of aliphatic hydroxyl groups is 1. The minimum Gasteiger partial charge on any atom is -0.462 e. The van der Waals surface area contributed by atoms with Gasteiger partial charge in [-0.3, -0.25) is 9.59 Å². The van der Waals surface area contributed by atoms with E-state index in [1.807, 2.05) is 0 Å². The molecule has 1 atom stereocenters. The van der Waals surface area contributed by atoms with Crippen LogP contribution in [-0.4, -0.2) is 36.4 Å². The van der Waals surface area contributed by atoms with E-state index in [0.29, 0.717) is 12.8 Å². The van der Waals surface area contributed by atoms with E-state index >= 15 is 0 Å². The molecule has 0 rings (SSSR count). The van der Waals surface area contributed by atoms with E-state index in [2.05, 4.69) is 74.6 Å². The number of hydrogen-bond donors (Lipinski definition) is 1. The Hall–Kier alpha value is -2.40. The van der Waals surface area contributed by atoms with E-state index < -0.39 is 6.10 Å². The van der Waals surface area contributed by atoms with Gasteiger partial charge in [-0.1, -0.05) is 293 Å². The molecule has 0 aromatic heterocycles. The highest BCUT2D eigenvalue weighted by molar-refractivity contribution is 5.70. The third-order valence-electron chi connectivity index (χ3n) is 13.8. The molecule has 0 aliphatic carbocycles. The molecule has 70 heavy (non-hydrogen) atoms. The minimum absolute atomic E-state index is 0.0709. The van der Waals surface area contributed by atoms with Gasteiger partial charge >= 0.3 is 11.9 Å². The van der Waals surface area contributed by atoms with E-state index in [1.54, 1.807) is 0 Å². The van der Waals surface area contributed by atoms with Crippen molar-refractivity contribution in [3.05, 3.63) is 60.8 Å². The fourth-order valence-electron chi connectivity index (χ4n) is 9.19. The van der Waals surface area contributed by atoms with Gasteiger partial charge in [0.25, 0.3) is 0 Å². The van der Waals surface area contributed by atoms with Crippen LogP contribution >= 0.6 is 0 Å². The van der Waals surface area contributed by atoms with E-state index in [9.17, 15) is 14.7 Å². The van der Waals surface area contributed by atoms with Crippen molar-refractivity contribution in [2.45, 2.75) is 328 Å². The lowest BCUT2D eigenvalue weighted by molar-refractivity contribution is -0.161. The highest BCUT2D eigenvalue weighted by atomic mass is 16.6. The molecular weight excluding hydrogens is 861 g/mol. The standard InChI is InChI=1S/C65H118O5/c1-3-5-7-9-11-13-15-17-19-20-21-22-23-24-25-26-27-28-29-30-31-32-33-34-35-36-37-38-39-40-41-42-43-44-46-47-49-51-53-55-57-59-64(67)69-62-63(61-66)70-65(68)60-58-56-54-52-50-48-45-18-16-14-12-10-8-6-4-2/h6,8,12,14-15,17-18,20-21,45,63,66H,3-5,7,9-11,13,16,19,22-44,46-62H2,1-2H3/b8-6-,14-12-,17-15-,21-20-,45-18-. The number of aliphatic hydroxyl groups excluding tert-OH is 1. The number of ether oxygens (including phenoxy) is 2. The van der Waals surface area contributed by atoms with Crippen molar-refractivity contribution in [3.8, 4) is 0 Å². The summed E-state index contributed by atoms with van der Waals surface area (Å²) in [5.41, 5.74) is 0. The highest BCUT2D eigenvalue weighted by Crippen LogP contribution is 2.18. The van der Waals surface area contributed by atoms with E-state index in [0.717, 1.165) is 77.0 Å². The smallest absolute Gasteiger partial charge is 0.306 e. The molecule has 0 aliphatic heterocycles. The maximum Gasteiger partial charge on any atom is 0.306 e. The average Bonchev–Trinajstić information content (AvgIpc) is 3.36. The van der Waals surface area contributed by atoms with Crippen molar-refractivity contribution in [1.29, 1.82) is 0 Å². The predicted molar refractivity (Wildman–Crippen MR) is 307 cm³/mol. The first kappa shape index (κ1) is 67.6. The molecule has 0 saturated heterocycles. The number of carbonyl (C=O) groups is 2. The van der Waals surface area contributed by atoms with E-state index in [-0.39, 0.29) is 25.2 Å². The molecule has 0 aromatic carbocycles. The van der Waals surface area contributed by atoms with Crippen molar-refractivity contribution < 1.29 is 24.2 Å². The van der Waals surface area contributed by atoms with Crippen LogP contribution in [0.1, 0.15) is 322 Å². The number of carbonyl (C=O) groups excluding carboxylic acids is 2. The summed E-state index contributed by atoms with van der Waals surface area (Å²) in [6, 6.07) is 0. The molecule has 1 unspecified atom stereocenters. The molecule has 0 radical (unpaired) electrons. The quantitative estimate of drug-likeness (QED) is 0.0373. The Morgan fingerprint density at radius 2 is 0.614 bits per heavy atom. The number of rotatable bonds is 57. The molecule has 0 spiro atoms. The van der Waals surface area contributed by atoms with Gasteiger partial charge in [0.15, 0.2) is 6.10 Å². The maximum atomic E-state index is 12.2. The van der Waals surface area contributed by atoms with Crippen LogP contribution in [-0.2, 0) is 19.1 Å². The average molecular weight is 980 g/mol. The van der Waals surface area contributed by atoms with E-state index in [1.165, 1.54) is 218 Å². The van der Waals surface area contributed by atoms with Gasteiger partial charge in [-0.15, -0.1) is 0 Å². The molecule has 0 saturated carbocycles. The van der Waals surface area contributed by atoms with Gasteiger partial charge in [0.2, 0.25) is 0 Å². The summed E-state index contributed by atoms with van der Waals surface area (Å²) in [6.07, 6.45) is 82.5. The zero-order valence-corrected chi connectivity index (χ0v) is 46.8. The molecule has 0 aromatic rings. The molecule has 1 N–H and O–H groups in total. The topological polar surface area (TPSA) is 72.8 Å². The summed E-state index contributed by atoms with van der Waals surface area (Å²) in [4.78, 5) is 24.5. The lowest BCUT2D eigenvalue weighted by Gasteiger charge is -2.15. The van der Waals surface area contributed by atoms with Crippen molar-refractivity contribution >= 4 is 11.9 Å². The number of unbranched alkanes of at least 4 members (excludes halogenated alkanes) is 39. The van der Waals surface area contributed by atoms with E-state index in [4.69, 9.17) is 9.47 Å². The van der Waals surface area contributed by atoms with Crippen LogP contribution in [0.5, 0.6) is 0 Å². The summed E-state index contributed by atoms with van der Waals surface area (Å²) >= 11 is 0. The fraction of sp³-hybridized carbons (Fsp3) is 0.815. The van der Waals surface area contributed by atoms with Crippen LogP contribution in [0.25, 0.3) is 0 Å². The van der Waals surface area contributed by atoms with Gasteiger partial charge < -0.3 is 14.6 Å². The lowest BCUT2D eigenvalue weighted by atomic mass is 10.0. The van der Waals surface area contributed by atoms with Gasteiger partial charge in [0, 0.05) is 12.8 Å². The molecule has 0 fully saturated rings. The normalized spacial score (nSPS) is 12.6.